The summed E-state index contributed by atoms with van der Waals surface area (Å²) in [5.74, 6) is -3.10. The Balaban J connectivity index is 2.64. The average Bonchev–Trinajstić information content (AvgIpc) is 3.33. The van der Waals surface area contributed by atoms with Gasteiger partial charge in [0.15, 0.2) is 24.6 Å². The lowest BCUT2D eigenvalue weighted by Crippen LogP contribution is -2.61. The number of carboxylic acid groups (broad SMARTS) is 1. The number of carbonyl (C=O) groups excluding carboxylic acids is 3. The second-order valence-electron chi connectivity index (χ2n) is 19.9. The number of esters is 3. The zero-order chi connectivity index (χ0) is 50.4. The molecular formula is C57H104O12. The van der Waals surface area contributed by atoms with Crippen LogP contribution in [-0.2, 0) is 42.9 Å². The molecule has 0 bridgehead atoms. The van der Waals surface area contributed by atoms with Crippen LogP contribution in [0.4, 0.5) is 0 Å². The molecule has 12 heteroatoms. The van der Waals surface area contributed by atoms with E-state index in [1.54, 1.807) is 0 Å². The minimum absolute atomic E-state index is 0.0681. The van der Waals surface area contributed by atoms with Gasteiger partial charge in [-0.05, 0) is 44.9 Å². The first-order valence-corrected chi connectivity index (χ1v) is 28.7. The van der Waals surface area contributed by atoms with Gasteiger partial charge < -0.3 is 39.0 Å². The van der Waals surface area contributed by atoms with E-state index in [4.69, 9.17) is 23.7 Å². The lowest BCUT2D eigenvalue weighted by Gasteiger charge is -2.40. The highest BCUT2D eigenvalue weighted by molar-refractivity contribution is 5.74. The molecule has 1 rings (SSSR count). The fourth-order valence-corrected chi connectivity index (χ4v) is 8.89. The number of hydrogen-bond acceptors (Lipinski definition) is 11. The number of aliphatic carboxylic acids is 1. The van der Waals surface area contributed by atoms with Crippen LogP contribution in [0.1, 0.15) is 278 Å². The van der Waals surface area contributed by atoms with Gasteiger partial charge in [-0.3, -0.25) is 14.4 Å². The zero-order valence-corrected chi connectivity index (χ0v) is 44.3. The number of aliphatic hydroxyl groups is 2. The molecule has 404 valence electrons. The lowest BCUT2D eigenvalue weighted by atomic mass is 9.98. The number of carboxylic acids is 1. The van der Waals surface area contributed by atoms with E-state index in [0.717, 1.165) is 77.0 Å². The quantitative estimate of drug-likeness (QED) is 0.0228. The third kappa shape index (κ3) is 37.0. The summed E-state index contributed by atoms with van der Waals surface area (Å²) in [7, 11) is 0. The van der Waals surface area contributed by atoms with Crippen molar-refractivity contribution in [1.29, 1.82) is 0 Å². The first kappa shape index (κ1) is 64.5. The Morgan fingerprint density at radius 1 is 0.464 bits per heavy atom. The largest absolute Gasteiger partial charge is 0.479 e. The summed E-state index contributed by atoms with van der Waals surface area (Å²) in [5, 5.41) is 31.4. The van der Waals surface area contributed by atoms with E-state index in [-0.39, 0.29) is 25.9 Å². The van der Waals surface area contributed by atoms with E-state index < -0.39 is 67.3 Å². The normalized spacial score (nSPS) is 18.7. The Labute approximate surface area is 420 Å². The molecule has 0 aromatic rings. The standard InChI is InChI=1S/C57H104O12/c1-4-7-10-13-16-19-21-23-24-25-26-28-30-33-36-39-42-45-51(60)68-55-53(62)52(61)54(56(63)64)69-57(55)66-47-48(67-50(59)44-41-38-35-31-18-15-12-9-6-3)46-65-49(58)43-40-37-34-32-29-27-22-20-17-14-11-8-5-2/h20,22,48,52-55,57,61-62H,4-19,21,23-47H2,1-3H3,(H,63,64)/b22-20-. The number of unbranched alkanes of at least 4 members (excludes halogenated alkanes) is 33. The Kier molecular flexibility index (Phi) is 43.5. The van der Waals surface area contributed by atoms with Crippen molar-refractivity contribution in [3.05, 3.63) is 12.2 Å². The van der Waals surface area contributed by atoms with Crippen LogP contribution in [0.5, 0.6) is 0 Å². The highest BCUT2D eigenvalue weighted by Gasteiger charge is 2.50. The van der Waals surface area contributed by atoms with Gasteiger partial charge in [-0.1, -0.05) is 226 Å². The van der Waals surface area contributed by atoms with Crippen molar-refractivity contribution in [3.8, 4) is 0 Å². The molecule has 0 aliphatic carbocycles. The van der Waals surface area contributed by atoms with Crippen LogP contribution in [0.2, 0.25) is 0 Å². The lowest BCUT2D eigenvalue weighted by molar-refractivity contribution is -0.301. The van der Waals surface area contributed by atoms with Gasteiger partial charge in [-0.15, -0.1) is 0 Å². The highest BCUT2D eigenvalue weighted by Crippen LogP contribution is 2.26. The van der Waals surface area contributed by atoms with Gasteiger partial charge in [0.1, 0.15) is 18.8 Å². The van der Waals surface area contributed by atoms with Crippen molar-refractivity contribution in [2.75, 3.05) is 13.2 Å². The number of allylic oxidation sites excluding steroid dienone is 2. The van der Waals surface area contributed by atoms with Gasteiger partial charge in [0.2, 0.25) is 0 Å². The molecule has 0 radical (unpaired) electrons. The zero-order valence-electron chi connectivity index (χ0n) is 44.3. The maximum Gasteiger partial charge on any atom is 0.335 e. The van der Waals surface area contributed by atoms with E-state index in [1.165, 1.54) is 141 Å². The number of ether oxygens (including phenoxy) is 5. The number of carbonyl (C=O) groups is 4. The van der Waals surface area contributed by atoms with Gasteiger partial charge >= 0.3 is 23.9 Å². The molecule has 1 fully saturated rings. The summed E-state index contributed by atoms with van der Waals surface area (Å²) in [6, 6.07) is 0. The molecule has 6 unspecified atom stereocenters. The molecular weight excluding hydrogens is 877 g/mol. The van der Waals surface area contributed by atoms with Crippen LogP contribution in [0.25, 0.3) is 0 Å². The second kappa shape index (κ2) is 46.5. The molecule has 0 amide bonds. The molecule has 12 nitrogen and oxygen atoms in total. The summed E-state index contributed by atoms with van der Waals surface area (Å²) >= 11 is 0. The number of hydrogen-bond donors (Lipinski definition) is 3. The van der Waals surface area contributed by atoms with E-state index in [1.807, 2.05) is 0 Å². The van der Waals surface area contributed by atoms with Crippen molar-refractivity contribution in [2.24, 2.45) is 0 Å². The van der Waals surface area contributed by atoms with E-state index in [0.29, 0.717) is 19.3 Å². The topological polar surface area (TPSA) is 175 Å². The summed E-state index contributed by atoms with van der Waals surface area (Å²) in [6.07, 6.45) is 37.7. The van der Waals surface area contributed by atoms with Gasteiger partial charge in [0.25, 0.3) is 0 Å². The maximum absolute atomic E-state index is 13.0. The Morgan fingerprint density at radius 3 is 1.25 bits per heavy atom. The van der Waals surface area contributed by atoms with E-state index in [2.05, 4.69) is 32.9 Å². The minimum Gasteiger partial charge on any atom is -0.479 e. The predicted molar refractivity (Wildman–Crippen MR) is 276 cm³/mol. The molecule has 0 aromatic heterocycles. The van der Waals surface area contributed by atoms with Crippen LogP contribution < -0.4 is 0 Å². The number of aliphatic hydroxyl groups excluding tert-OH is 2. The van der Waals surface area contributed by atoms with Gasteiger partial charge in [-0.25, -0.2) is 4.79 Å². The van der Waals surface area contributed by atoms with E-state index in [9.17, 15) is 34.5 Å². The van der Waals surface area contributed by atoms with Crippen LogP contribution in [0, 0.1) is 0 Å². The molecule has 3 N–H and O–H groups in total. The van der Waals surface area contributed by atoms with Gasteiger partial charge in [-0.2, -0.15) is 0 Å². The van der Waals surface area contributed by atoms with Gasteiger partial charge in [0, 0.05) is 19.3 Å². The molecule has 0 spiro atoms. The summed E-state index contributed by atoms with van der Waals surface area (Å²) in [6.45, 7) is 5.96. The van der Waals surface area contributed by atoms with Crippen molar-refractivity contribution < 1.29 is 58.2 Å². The second-order valence-corrected chi connectivity index (χ2v) is 19.9. The molecule has 6 atom stereocenters. The monoisotopic (exact) mass is 981 g/mol. The van der Waals surface area contributed by atoms with Gasteiger partial charge in [0.05, 0.1) is 6.61 Å². The predicted octanol–water partition coefficient (Wildman–Crippen LogP) is 14.1. The first-order chi connectivity index (χ1) is 33.6. The maximum atomic E-state index is 13.0. The summed E-state index contributed by atoms with van der Waals surface area (Å²) < 4.78 is 28.3. The van der Waals surface area contributed by atoms with Crippen LogP contribution in [0.3, 0.4) is 0 Å². The highest BCUT2D eigenvalue weighted by atomic mass is 16.7. The fourth-order valence-electron chi connectivity index (χ4n) is 8.89. The minimum atomic E-state index is -1.90. The van der Waals surface area contributed by atoms with Crippen LogP contribution >= 0.6 is 0 Å². The number of rotatable bonds is 49. The summed E-state index contributed by atoms with van der Waals surface area (Å²) in [5.41, 5.74) is 0. The molecule has 1 aliphatic heterocycles. The third-order valence-corrected chi connectivity index (χ3v) is 13.3. The van der Waals surface area contributed by atoms with Crippen molar-refractivity contribution in [2.45, 2.75) is 314 Å². The fraction of sp³-hybridized carbons (Fsp3) is 0.895. The molecule has 0 aromatic carbocycles. The molecule has 1 aliphatic rings. The van der Waals surface area contributed by atoms with Crippen molar-refractivity contribution in [3.63, 3.8) is 0 Å². The average molecular weight is 981 g/mol. The van der Waals surface area contributed by atoms with Crippen molar-refractivity contribution in [1.82, 2.24) is 0 Å². The van der Waals surface area contributed by atoms with Crippen molar-refractivity contribution >= 4 is 23.9 Å². The molecule has 69 heavy (non-hydrogen) atoms. The molecule has 0 saturated carbocycles. The molecule has 1 heterocycles. The molecule has 1 saturated heterocycles. The third-order valence-electron chi connectivity index (χ3n) is 13.3. The summed E-state index contributed by atoms with van der Waals surface area (Å²) in [4.78, 5) is 50.9. The SMILES string of the molecule is CCCCCC/C=C\CCCCCCCC(=O)OCC(COC1OC(C(=O)O)C(O)C(O)C1OC(=O)CCCCCCCCCCCCCCCCCCC)OC(=O)CCCCCCCCCCC. The smallest absolute Gasteiger partial charge is 0.335 e. The van der Waals surface area contributed by atoms with Crippen LogP contribution in [-0.4, -0.2) is 89.2 Å². The Morgan fingerprint density at radius 2 is 0.826 bits per heavy atom. The Bertz CT molecular complexity index is 1260. The Hall–Kier alpha value is -2.54. The first-order valence-electron chi connectivity index (χ1n) is 28.7. The van der Waals surface area contributed by atoms with E-state index >= 15 is 0 Å². The van der Waals surface area contributed by atoms with Crippen LogP contribution in [0.15, 0.2) is 12.2 Å².